The van der Waals surface area contributed by atoms with Gasteiger partial charge in [0.2, 0.25) is 0 Å². The minimum Gasteiger partial charge on any atom is -0.298 e. The van der Waals surface area contributed by atoms with Crippen LogP contribution < -0.4 is 5.19 Å². The van der Waals surface area contributed by atoms with Crippen LogP contribution in [0.2, 0.25) is 19.6 Å². The van der Waals surface area contributed by atoms with Gasteiger partial charge in [0.15, 0.2) is 0 Å². The Morgan fingerprint density at radius 1 is 1.00 bits per heavy atom. The fourth-order valence-corrected chi connectivity index (χ4v) is 4.90. The van der Waals surface area contributed by atoms with Crippen molar-refractivity contribution in [1.82, 2.24) is 9.80 Å². The van der Waals surface area contributed by atoms with Crippen LogP contribution in [-0.2, 0) is 6.54 Å². The lowest BCUT2D eigenvalue weighted by atomic mass is 9.99. The van der Waals surface area contributed by atoms with Crippen LogP contribution in [0.4, 0.5) is 0 Å². The number of piperazine rings is 1. The number of fused-ring (bicyclic) bond motifs is 1. The zero-order chi connectivity index (χ0) is 14.9. The highest BCUT2D eigenvalue weighted by Gasteiger charge is 2.28. The molecule has 2 aliphatic heterocycles. The second-order valence-corrected chi connectivity index (χ2v) is 12.9. The topological polar surface area (TPSA) is 6.48 Å². The number of hydrogen-bond acceptors (Lipinski definition) is 2. The van der Waals surface area contributed by atoms with E-state index in [0.717, 1.165) is 12.6 Å². The summed E-state index contributed by atoms with van der Waals surface area (Å²) in [4.78, 5) is 5.38. The van der Waals surface area contributed by atoms with Gasteiger partial charge in [-0.3, -0.25) is 9.80 Å². The van der Waals surface area contributed by atoms with Crippen molar-refractivity contribution >= 4 is 13.3 Å². The standard InChI is InChI=1S/C18H30N2Si/c1-21(2,3)18-9-7-16(8-10-18)14-19-12-13-20-11-5-4-6-17(20)15-19/h7-10,17H,4-6,11-15H2,1-3H3. The van der Waals surface area contributed by atoms with Crippen LogP contribution in [0.15, 0.2) is 24.3 Å². The molecule has 2 fully saturated rings. The summed E-state index contributed by atoms with van der Waals surface area (Å²) in [6.45, 7) is 13.5. The van der Waals surface area contributed by atoms with Crippen molar-refractivity contribution < 1.29 is 0 Å². The van der Waals surface area contributed by atoms with E-state index in [2.05, 4.69) is 53.7 Å². The predicted octanol–water partition coefficient (Wildman–Crippen LogP) is 2.90. The minimum atomic E-state index is -1.15. The Hall–Kier alpha value is -0.643. The summed E-state index contributed by atoms with van der Waals surface area (Å²) in [6.07, 6.45) is 4.25. The molecule has 0 saturated carbocycles. The maximum Gasteiger partial charge on any atom is 0.0775 e. The predicted molar refractivity (Wildman–Crippen MR) is 93.9 cm³/mol. The molecule has 116 valence electrons. The molecule has 0 spiro atoms. The van der Waals surface area contributed by atoms with E-state index in [-0.39, 0.29) is 0 Å². The van der Waals surface area contributed by atoms with Crippen LogP contribution in [0, 0.1) is 0 Å². The fraction of sp³-hybridized carbons (Fsp3) is 0.667. The molecule has 21 heavy (non-hydrogen) atoms. The van der Waals surface area contributed by atoms with E-state index in [1.54, 1.807) is 5.19 Å². The van der Waals surface area contributed by atoms with Crippen LogP contribution in [0.1, 0.15) is 24.8 Å². The van der Waals surface area contributed by atoms with Crippen molar-refractivity contribution in [3.63, 3.8) is 0 Å². The summed E-state index contributed by atoms with van der Waals surface area (Å²) < 4.78 is 0. The molecule has 3 heteroatoms. The van der Waals surface area contributed by atoms with Gasteiger partial charge in [-0.1, -0.05) is 55.5 Å². The first-order chi connectivity index (χ1) is 10.0. The average molecular weight is 303 g/mol. The van der Waals surface area contributed by atoms with Gasteiger partial charge in [-0.05, 0) is 24.9 Å². The summed E-state index contributed by atoms with van der Waals surface area (Å²) in [7, 11) is -1.15. The normalized spacial score (nSPS) is 24.8. The Morgan fingerprint density at radius 2 is 1.76 bits per heavy atom. The monoisotopic (exact) mass is 302 g/mol. The van der Waals surface area contributed by atoms with Gasteiger partial charge in [0.05, 0.1) is 8.07 Å². The highest BCUT2D eigenvalue weighted by molar-refractivity contribution is 6.88. The first-order valence-corrected chi connectivity index (χ1v) is 12.1. The number of hydrogen-bond donors (Lipinski definition) is 0. The molecule has 0 aromatic heterocycles. The van der Waals surface area contributed by atoms with E-state index in [1.807, 2.05) is 0 Å². The molecular weight excluding hydrogens is 272 g/mol. The van der Waals surface area contributed by atoms with Gasteiger partial charge in [0.1, 0.15) is 0 Å². The van der Waals surface area contributed by atoms with E-state index < -0.39 is 8.07 Å². The van der Waals surface area contributed by atoms with Gasteiger partial charge in [-0.2, -0.15) is 0 Å². The molecule has 0 aliphatic carbocycles. The van der Waals surface area contributed by atoms with Gasteiger partial charge in [-0.25, -0.2) is 0 Å². The molecule has 0 amide bonds. The Bertz CT molecular complexity index is 463. The summed E-state index contributed by atoms with van der Waals surface area (Å²) >= 11 is 0. The molecule has 1 unspecified atom stereocenters. The molecule has 2 saturated heterocycles. The van der Waals surface area contributed by atoms with Crippen molar-refractivity contribution in [3.05, 3.63) is 29.8 Å². The third-order valence-corrected chi connectivity index (χ3v) is 7.21. The Labute approximate surface area is 131 Å². The summed E-state index contributed by atoms with van der Waals surface area (Å²) in [5.41, 5.74) is 1.49. The van der Waals surface area contributed by atoms with Crippen LogP contribution in [0.25, 0.3) is 0 Å². The minimum absolute atomic E-state index is 0.828. The maximum atomic E-state index is 2.72. The molecule has 2 heterocycles. The van der Waals surface area contributed by atoms with E-state index in [0.29, 0.717) is 0 Å². The average Bonchev–Trinajstić information content (AvgIpc) is 2.47. The van der Waals surface area contributed by atoms with E-state index in [1.165, 1.54) is 51.0 Å². The number of piperidine rings is 1. The number of nitrogens with zero attached hydrogens (tertiary/aromatic N) is 2. The maximum absolute atomic E-state index is 2.72. The van der Waals surface area contributed by atoms with E-state index in [4.69, 9.17) is 0 Å². The van der Waals surface area contributed by atoms with Gasteiger partial charge in [-0.15, -0.1) is 0 Å². The Morgan fingerprint density at radius 3 is 2.48 bits per heavy atom. The lowest BCUT2D eigenvalue weighted by Crippen LogP contribution is -2.54. The van der Waals surface area contributed by atoms with Crippen LogP contribution in [-0.4, -0.2) is 50.1 Å². The van der Waals surface area contributed by atoms with Crippen LogP contribution in [0.5, 0.6) is 0 Å². The lowest BCUT2D eigenvalue weighted by Gasteiger charge is -2.44. The second-order valence-electron chi connectivity index (χ2n) is 7.87. The summed E-state index contributed by atoms with van der Waals surface area (Å²) in [5, 5.41) is 1.57. The smallest absolute Gasteiger partial charge is 0.0775 e. The molecule has 2 nitrogen and oxygen atoms in total. The van der Waals surface area contributed by atoms with Gasteiger partial charge in [0, 0.05) is 32.2 Å². The van der Waals surface area contributed by atoms with Crippen molar-refractivity contribution in [3.8, 4) is 0 Å². The third-order valence-electron chi connectivity index (χ3n) is 5.15. The molecule has 2 aliphatic rings. The third kappa shape index (κ3) is 3.76. The molecule has 1 aromatic carbocycles. The summed E-state index contributed by atoms with van der Waals surface area (Å²) in [5.74, 6) is 0. The van der Waals surface area contributed by atoms with Crippen molar-refractivity contribution in [2.45, 2.75) is 51.5 Å². The largest absolute Gasteiger partial charge is 0.298 e. The van der Waals surface area contributed by atoms with Gasteiger partial charge < -0.3 is 0 Å². The molecular formula is C18H30N2Si. The van der Waals surface area contributed by atoms with Gasteiger partial charge in [0.25, 0.3) is 0 Å². The SMILES string of the molecule is C[Si](C)(C)c1ccc(CN2CCN3CCCCC3C2)cc1. The highest BCUT2D eigenvalue weighted by Crippen LogP contribution is 2.22. The van der Waals surface area contributed by atoms with Crippen molar-refractivity contribution in [2.24, 2.45) is 0 Å². The van der Waals surface area contributed by atoms with Crippen LogP contribution >= 0.6 is 0 Å². The lowest BCUT2D eigenvalue weighted by molar-refractivity contribution is 0.0457. The molecule has 0 bridgehead atoms. The Kier molecular flexibility index (Phi) is 4.53. The molecule has 1 atom stereocenters. The molecule has 0 N–H and O–H groups in total. The molecule has 1 aromatic rings. The zero-order valence-corrected chi connectivity index (χ0v) is 14.9. The zero-order valence-electron chi connectivity index (χ0n) is 13.9. The van der Waals surface area contributed by atoms with Crippen LogP contribution in [0.3, 0.4) is 0 Å². The quantitative estimate of drug-likeness (QED) is 0.792. The second kappa shape index (κ2) is 6.23. The molecule has 3 rings (SSSR count). The highest BCUT2D eigenvalue weighted by atomic mass is 28.3. The number of rotatable bonds is 3. The van der Waals surface area contributed by atoms with Gasteiger partial charge >= 0.3 is 0 Å². The van der Waals surface area contributed by atoms with E-state index >= 15 is 0 Å². The summed E-state index contributed by atoms with van der Waals surface area (Å²) in [6, 6.07) is 10.3. The van der Waals surface area contributed by atoms with E-state index in [9.17, 15) is 0 Å². The molecule has 0 radical (unpaired) electrons. The first kappa shape index (κ1) is 15.3. The first-order valence-electron chi connectivity index (χ1n) is 8.58. The van der Waals surface area contributed by atoms with Crippen molar-refractivity contribution in [2.75, 3.05) is 26.2 Å². The number of benzene rings is 1. The van der Waals surface area contributed by atoms with Crippen molar-refractivity contribution in [1.29, 1.82) is 0 Å². The fourth-order valence-electron chi connectivity index (χ4n) is 3.73. The Balaban J connectivity index is 1.59.